The highest BCUT2D eigenvalue weighted by Crippen LogP contribution is 2.45. The number of carboxylic acid groups (broad SMARTS) is 1. The zero-order chi connectivity index (χ0) is 36.1. The van der Waals surface area contributed by atoms with Gasteiger partial charge in [0.05, 0.1) is 34.4 Å². The topological polar surface area (TPSA) is 134 Å². The van der Waals surface area contributed by atoms with Crippen LogP contribution in [0, 0.1) is 0 Å². The molecule has 2 atom stereocenters. The summed E-state index contributed by atoms with van der Waals surface area (Å²) in [5.74, 6) is 0.271. The number of rotatable bonds is 16. The van der Waals surface area contributed by atoms with Gasteiger partial charge in [0, 0.05) is 61.3 Å². The number of pyridine rings is 1. The number of benzene rings is 3. The Balaban J connectivity index is 1.21. The minimum atomic E-state index is -1.57. The summed E-state index contributed by atoms with van der Waals surface area (Å²) in [7, 11) is 0. The number of carbonyl (C=O) groups is 1. The molecule has 3 aromatic carbocycles. The molecular formula is C38H40Cl3N3O7. The van der Waals surface area contributed by atoms with Gasteiger partial charge in [0.25, 0.3) is 0 Å². The van der Waals surface area contributed by atoms with Gasteiger partial charge < -0.3 is 29.5 Å². The number of β-amino-alcohol motifs (C(OH)–C–C–N with tert-alkyl or cyclic N) is 1. The fraction of sp³-hybridized carbons (Fsp3) is 0.368. The summed E-state index contributed by atoms with van der Waals surface area (Å²) in [5, 5.41) is 33.2. The molecule has 1 fully saturated rings. The van der Waals surface area contributed by atoms with Gasteiger partial charge in [-0.25, -0.2) is 0 Å². The number of aliphatic hydroxyl groups excluding tert-OH is 2. The van der Waals surface area contributed by atoms with Gasteiger partial charge in [-0.05, 0) is 61.1 Å². The van der Waals surface area contributed by atoms with Crippen molar-refractivity contribution in [3.05, 3.63) is 104 Å². The second kappa shape index (κ2) is 16.4. The predicted molar refractivity (Wildman–Crippen MR) is 196 cm³/mol. The second-order valence-corrected chi connectivity index (χ2v) is 14.3. The van der Waals surface area contributed by atoms with Crippen LogP contribution in [-0.2, 0) is 24.4 Å². The first-order valence-electron chi connectivity index (χ1n) is 16.8. The van der Waals surface area contributed by atoms with Gasteiger partial charge in [-0.15, -0.1) is 0 Å². The molecule has 13 heteroatoms. The van der Waals surface area contributed by atoms with E-state index in [1.807, 2.05) is 24.3 Å². The minimum absolute atomic E-state index is 0.0498. The molecule has 4 aromatic rings. The summed E-state index contributed by atoms with van der Waals surface area (Å²) in [6.07, 6.45) is 4.97. The van der Waals surface area contributed by atoms with Crippen LogP contribution in [0.1, 0.15) is 48.1 Å². The number of hydrogen-bond donors (Lipinski definition) is 4. The Kier molecular flexibility index (Phi) is 11.9. The molecule has 270 valence electrons. The molecule has 10 nitrogen and oxygen atoms in total. The lowest BCUT2D eigenvalue weighted by atomic mass is 9.96. The molecule has 2 heterocycles. The van der Waals surface area contributed by atoms with Gasteiger partial charge in [0.15, 0.2) is 0 Å². The predicted octanol–water partition coefficient (Wildman–Crippen LogP) is 6.72. The van der Waals surface area contributed by atoms with Gasteiger partial charge in [-0.2, -0.15) is 0 Å². The third-order valence-corrected chi connectivity index (χ3v) is 10.2. The van der Waals surface area contributed by atoms with Crippen molar-refractivity contribution < 1.29 is 34.3 Å². The van der Waals surface area contributed by atoms with Crippen LogP contribution in [0.5, 0.6) is 17.2 Å². The average Bonchev–Trinajstić information content (AvgIpc) is 3.52. The van der Waals surface area contributed by atoms with Crippen LogP contribution in [0.25, 0.3) is 11.1 Å². The maximum absolute atomic E-state index is 11.8. The second-order valence-electron chi connectivity index (χ2n) is 13.1. The van der Waals surface area contributed by atoms with Gasteiger partial charge in [0.1, 0.15) is 35.5 Å². The number of aliphatic hydroxyl groups is 2. The molecule has 4 N–H and O–H groups in total. The number of nitrogens with zero attached hydrogens (tertiary/aromatic N) is 2. The summed E-state index contributed by atoms with van der Waals surface area (Å²) in [5.41, 5.74) is 3.80. The standard InChI is InChI=1S/C38H40Cl3N3O7/c1-38(22-45,37(47)48)43-17-24-14-31(40)35(15-34(24)50-21-23-13-25(39)18-42-16-23)51-32-10-9-28-27(5-2-6-29(28)32)30-7-3-8-33(36(30)41)49-12-4-11-44-19-26(46)20-44/h2-3,5-8,13-16,18,26,32,43,45-46H,4,9-12,17,19-22H2,1H3,(H,47,48)/t32-,38?/m0/s1. The van der Waals surface area contributed by atoms with E-state index in [2.05, 4.69) is 27.3 Å². The van der Waals surface area contributed by atoms with E-state index in [9.17, 15) is 20.1 Å². The third-order valence-electron chi connectivity index (χ3n) is 9.28. The molecule has 1 aliphatic heterocycles. The number of halogens is 3. The molecule has 0 bridgehead atoms. The molecule has 1 saturated heterocycles. The number of likely N-dealkylation sites (tertiary alicyclic amines) is 1. The van der Waals surface area contributed by atoms with Gasteiger partial charge in [-0.3, -0.25) is 20.0 Å². The lowest BCUT2D eigenvalue weighted by molar-refractivity contribution is -0.145. The number of fused-ring (bicyclic) bond motifs is 1. The molecule has 0 saturated carbocycles. The van der Waals surface area contributed by atoms with Gasteiger partial charge >= 0.3 is 5.97 Å². The summed E-state index contributed by atoms with van der Waals surface area (Å²) < 4.78 is 18.9. The highest BCUT2D eigenvalue weighted by Gasteiger charge is 2.33. The van der Waals surface area contributed by atoms with E-state index < -0.39 is 18.1 Å². The quantitative estimate of drug-likeness (QED) is 0.0914. The van der Waals surface area contributed by atoms with Crippen LogP contribution in [0.4, 0.5) is 0 Å². The van der Waals surface area contributed by atoms with Crippen molar-refractivity contribution in [1.29, 1.82) is 0 Å². The SMILES string of the molecule is CC(CO)(NCc1cc(Cl)c(O[C@H]2CCc3c(-c4cccc(OCCCN5CC(O)C5)c4Cl)cccc32)cc1OCc1cncc(Cl)c1)C(=O)O. The number of aromatic nitrogens is 1. The van der Waals surface area contributed by atoms with Crippen molar-refractivity contribution in [2.24, 2.45) is 0 Å². The molecule has 1 aromatic heterocycles. The summed E-state index contributed by atoms with van der Waals surface area (Å²) >= 11 is 19.9. The number of carboxylic acids is 1. The third kappa shape index (κ3) is 8.72. The number of ether oxygens (including phenoxy) is 3. The number of aliphatic carboxylic acids is 1. The Morgan fingerprint density at radius 3 is 2.55 bits per heavy atom. The maximum Gasteiger partial charge on any atom is 0.326 e. The zero-order valence-corrected chi connectivity index (χ0v) is 30.3. The van der Waals surface area contributed by atoms with Crippen LogP contribution in [-0.4, -0.2) is 75.7 Å². The van der Waals surface area contributed by atoms with E-state index >= 15 is 0 Å². The molecule has 0 radical (unpaired) electrons. The average molecular weight is 757 g/mol. The van der Waals surface area contributed by atoms with Crippen molar-refractivity contribution in [3.63, 3.8) is 0 Å². The van der Waals surface area contributed by atoms with Crippen molar-refractivity contribution >= 4 is 40.8 Å². The highest BCUT2D eigenvalue weighted by molar-refractivity contribution is 6.35. The van der Waals surface area contributed by atoms with Crippen LogP contribution >= 0.6 is 34.8 Å². The first-order valence-corrected chi connectivity index (χ1v) is 17.9. The first kappa shape index (κ1) is 37.2. The Morgan fingerprint density at radius 2 is 1.80 bits per heavy atom. The summed E-state index contributed by atoms with van der Waals surface area (Å²) in [6.45, 7) is 3.80. The molecular weight excluding hydrogens is 717 g/mol. The van der Waals surface area contributed by atoms with Crippen molar-refractivity contribution in [2.45, 2.75) is 57.1 Å². The molecule has 1 aliphatic carbocycles. The normalized spacial score (nSPS) is 17.0. The maximum atomic E-state index is 11.8. The van der Waals surface area contributed by atoms with Crippen LogP contribution in [0.2, 0.25) is 15.1 Å². The first-order chi connectivity index (χ1) is 24.5. The van der Waals surface area contributed by atoms with Crippen molar-refractivity contribution in [1.82, 2.24) is 15.2 Å². The monoisotopic (exact) mass is 755 g/mol. The van der Waals surface area contributed by atoms with Crippen LogP contribution < -0.4 is 19.5 Å². The van der Waals surface area contributed by atoms with Gasteiger partial charge in [0.2, 0.25) is 0 Å². The molecule has 0 amide bonds. The molecule has 0 spiro atoms. The fourth-order valence-electron chi connectivity index (χ4n) is 6.29. The molecule has 1 unspecified atom stereocenters. The summed E-state index contributed by atoms with van der Waals surface area (Å²) in [6, 6.07) is 17.1. The summed E-state index contributed by atoms with van der Waals surface area (Å²) in [4.78, 5) is 18.1. The van der Waals surface area contributed by atoms with Crippen LogP contribution in [0.3, 0.4) is 0 Å². The van der Waals surface area contributed by atoms with Crippen molar-refractivity contribution in [3.8, 4) is 28.4 Å². The van der Waals surface area contributed by atoms with Crippen molar-refractivity contribution in [2.75, 3.05) is 32.8 Å². The largest absolute Gasteiger partial charge is 0.492 e. The Bertz CT molecular complexity index is 1870. The lowest BCUT2D eigenvalue weighted by Gasteiger charge is -2.35. The van der Waals surface area contributed by atoms with Gasteiger partial charge in [-0.1, -0.05) is 65.1 Å². The zero-order valence-electron chi connectivity index (χ0n) is 28.1. The van der Waals surface area contributed by atoms with E-state index in [4.69, 9.17) is 49.0 Å². The highest BCUT2D eigenvalue weighted by atomic mass is 35.5. The lowest BCUT2D eigenvalue weighted by Crippen LogP contribution is -2.52. The van der Waals surface area contributed by atoms with E-state index in [-0.39, 0.29) is 25.4 Å². The van der Waals surface area contributed by atoms with E-state index in [1.54, 1.807) is 24.4 Å². The fourth-order valence-corrected chi connectivity index (χ4v) is 7.00. The molecule has 51 heavy (non-hydrogen) atoms. The van der Waals surface area contributed by atoms with E-state index in [0.717, 1.165) is 47.2 Å². The Morgan fingerprint density at radius 1 is 1.02 bits per heavy atom. The molecule has 6 rings (SSSR count). The minimum Gasteiger partial charge on any atom is -0.492 e. The van der Waals surface area contributed by atoms with E-state index in [1.165, 1.54) is 13.1 Å². The number of nitrogens with one attached hydrogen (secondary N) is 1. The Labute approximate surface area is 311 Å². The smallest absolute Gasteiger partial charge is 0.326 e. The van der Waals surface area contributed by atoms with E-state index in [0.29, 0.717) is 64.0 Å². The molecule has 2 aliphatic rings. The van der Waals surface area contributed by atoms with Crippen LogP contribution in [0.15, 0.2) is 67.0 Å². The number of hydrogen-bond acceptors (Lipinski definition) is 9. The Hall–Kier alpha value is -3.61.